The predicted molar refractivity (Wildman–Crippen MR) is 98.6 cm³/mol. The van der Waals surface area contributed by atoms with Crippen molar-refractivity contribution in [3.63, 3.8) is 0 Å². The summed E-state index contributed by atoms with van der Waals surface area (Å²) in [6.45, 7) is 11.0. The van der Waals surface area contributed by atoms with Crippen LogP contribution < -0.4 is 15.4 Å². The summed E-state index contributed by atoms with van der Waals surface area (Å²) in [7, 11) is 0. The third-order valence-corrected chi connectivity index (χ3v) is 4.21. The summed E-state index contributed by atoms with van der Waals surface area (Å²) in [4.78, 5) is 11.2. The number of guanidine groups is 1. The van der Waals surface area contributed by atoms with Gasteiger partial charge < -0.3 is 20.3 Å². The van der Waals surface area contributed by atoms with Crippen LogP contribution in [0.5, 0.6) is 5.75 Å². The molecule has 1 aliphatic heterocycles. The van der Waals surface area contributed by atoms with E-state index in [0.29, 0.717) is 25.2 Å². The number of ether oxygens (including phenoxy) is 1. The molecule has 0 radical (unpaired) electrons. The first-order chi connectivity index (χ1) is 11.7. The summed E-state index contributed by atoms with van der Waals surface area (Å²) in [5, 5.41) is 6.88. The van der Waals surface area contributed by atoms with Gasteiger partial charge in [-0.25, -0.2) is 4.99 Å². The second-order valence-electron chi connectivity index (χ2n) is 6.35. The number of nitrogens with zero attached hydrogens (tertiary/aromatic N) is 3. The smallest absolute Gasteiger partial charge is 0.191 e. The fraction of sp³-hybridized carbons (Fsp3) is 0.667. The summed E-state index contributed by atoms with van der Waals surface area (Å²) in [6.07, 6.45) is 5.78. The zero-order valence-electron chi connectivity index (χ0n) is 15.2. The highest BCUT2D eigenvalue weighted by Crippen LogP contribution is 2.12. The quantitative estimate of drug-likeness (QED) is 0.453. The summed E-state index contributed by atoms with van der Waals surface area (Å²) < 4.78 is 5.63. The molecule has 0 spiro atoms. The lowest BCUT2D eigenvalue weighted by Crippen LogP contribution is -2.50. The molecule has 2 rings (SSSR count). The van der Waals surface area contributed by atoms with Gasteiger partial charge in [-0.1, -0.05) is 0 Å². The van der Waals surface area contributed by atoms with Crippen LogP contribution >= 0.6 is 0 Å². The molecular weight excluding hydrogens is 302 g/mol. The van der Waals surface area contributed by atoms with E-state index in [9.17, 15) is 0 Å². The first-order valence-electron chi connectivity index (χ1n) is 9.00. The van der Waals surface area contributed by atoms with Crippen LogP contribution in [0.15, 0.2) is 29.5 Å². The minimum Gasteiger partial charge on any atom is -0.490 e. The number of likely N-dealkylation sites (tertiary alicyclic amines) is 1. The Labute approximate surface area is 145 Å². The van der Waals surface area contributed by atoms with Crippen molar-refractivity contribution in [3.8, 4) is 5.75 Å². The van der Waals surface area contributed by atoms with E-state index in [0.717, 1.165) is 44.2 Å². The Morgan fingerprint density at radius 3 is 2.83 bits per heavy atom. The number of rotatable bonds is 7. The van der Waals surface area contributed by atoms with E-state index in [4.69, 9.17) is 4.74 Å². The Morgan fingerprint density at radius 1 is 1.42 bits per heavy atom. The number of aromatic nitrogens is 1. The number of aliphatic imine (C=N–C) groups is 1. The van der Waals surface area contributed by atoms with Crippen molar-refractivity contribution < 1.29 is 4.74 Å². The van der Waals surface area contributed by atoms with E-state index in [1.807, 2.05) is 12.1 Å². The van der Waals surface area contributed by atoms with Crippen molar-refractivity contribution in [3.05, 3.63) is 24.5 Å². The molecule has 2 heterocycles. The zero-order chi connectivity index (χ0) is 17.2. The second-order valence-corrected chi connectivity index (χ2v) is 6.35. The summed E-state index contributed by atoms with van der Waals surface area (Å²) >= 11 is 0. The van der Waals surface area contributed by atoms with Crippen LogP contribution in [0.4, 0.5) is 0 Å². The number of pyridine rings is 1. The number of nitrogens with one attached hydrogen (secondary N) is 2. The Morgan fingerprint density at radius 2 is 2.21 bits per heavy atom. The van der Waals surface area contributed by atoms with Crippen LogP contribution in [0.2, 0.25) is 0 Å². The third kappa shape index (κ3) is 6.35. The van der Waals surface area contributed by atoms with Gasteiger partial charge >= 0.3 is 0 Å². The first kappa shape index (κ1) is 18.5. The molecule has 0 unspecified atom stereocenters. The van der Waals surface area contributed by atoms with E-state index in [-0.39, 0.29) is 0 Å². The molecule has 0 aliphatic carbocycles. The highest BCUT2D eigenvalue weighted by atomic mass is 16.5. The fourth-order valence-corrected chi connectivity index (χ4v) is 2.83. The Kier molecular flexibility index (Phi) is 7.82. The maximum atomic E-state index is 5.63. The molecule has 1 aromatic rings. The summed E-state index contributed by atoms with van der Waals surface area (Å²) in [5.74, 6) is 1.67. The zero-order valence-corrected chi connectivity index (χ0v) is 15.2. The molecule has 0 saturated carbocycles. The van der Waals surface area contributed by atoms with Crippen molar-refractivity contribution in [2.45, 2.75) is 45.7 Å². The van der Waals surface area contributed by atoms with Crippen molar-refractivity contribution in [1.82, 2.24) is 20.5 Å². The molecule has 6 heteroatoms. The molecule has 2 N–H and O–H groups in total. The van der Waals surface area contributed by atoms with Gasteiger partial charge in [0.15, 0.2) is 5.96 Å². The largest absolute Gasteiger partial charge is 0.490 e. The van der Waals surface area contributed by atoms with Gasteiger partial charge in [-0.2, -0.15) is 0 Å². The highest BCUT2D eigenvalue weighted by Gasteiger charge is 2.21. The van der Waals surface area contributed by atoms with Crippen LogP contribution in [0.1, 0.15) is 33.6 Å². The molecule has 0 amide bonds. The van der Waals surface area contributed by atoms with Gasteiger partial charge in [0, 0.05) is 37.9 Å². The van der Waals surface area contributed by atoms with Gasteiger partial charge in [-0.3, -0.25) is 4.98 Å². The Bertz CT molecular complexity index is 483. The van der Waals surface area contributed by atoms with Gasteiger partial charge in [-0.05, 0) is 45.7 Å². The number of hydrogen-bond donors (Lipinski definition) is 2. The number of hydrogen-bond acceptors (Lipinski definition) is 4. The van der Waals surface area contributed by atoms with Gasteiger partial charge in [0.1, 0.15) is 12.4 Å². The van der Waals surface area contributed by atoms with Crippen LogP contribution in [-0.4, -0.2) is 60.7 Å². The molecule has 1 saturated heterocycles. The summed E-state index contributed by atoms with van der Waals surface area (Å²) in [5.41, 5.74) is 0. The van der Waals surface area contributed by atoms with Crippen molar-refractivity contribution >= 4 is 5.96 Å². The molecule has 0 aromatic carbocycles. The summed E-state index contributed by atoms with van der Waals surface area (Å²) in [6, 6.07) is 4.91. The minimum atomic E-state index is 0.497. The standard InChI is InChI=1S/C18H31N5O/c1-4-20-18(21-10-13-24-17-6-5-9-19-14-17)22-16-7-11-23(12-8-16)15(2)3/h5-6,9,14-16H,4,7-8,10-13H2,1-3H3,(H2,20,21,22). The first-order valence-corrected chi connectivity index (χ1v) is 9.00. The molecule has 1 aromatic heterocycles. The Hall–Kier alpha value is -1.82. The molecule has 24 heavy (non-hydrogen) atoms. The average Bonchev–Trinajstić information content (AvgIpc) is 2.60. The second kappa shape index (κ2) is 10.1. The molecule has 0 bridgehead atoms. The molecular formula is C18H31N5O. The van der Waals surface area contributed by atoms with E-state index in [2.05, 4.69) is 46.3 Å². The molecule has 1 aliphatic rings. The lowest BCUT2D eigenvalue weighted by molar-refractivity contribution is 0.167. The number of piperidine rings is 1. The molecule has 1 fully saturated rings. The van der Waals surface area contributed by atoms with Gasteiger partial charge in [-0.15, -0.1) is 0 Å². The van der Waals surface area contributed by atoms with Gasteiger partial charge in [0.05, 0.1) is 12.7 Å². The van der Waals surface area contributed by atoms with Crippen LogP contribution in [0.25, 0.3) is 0 Å². The molecule has 0 atom stereocenters. The Balaban J connectivity index is 1.74. The maximum absolute atomic E-state index is 5.63. The maximum Gasteiger partial charge on any atom is 0.191 e. The van der Waals surface area contributed by atoms with E-state index in [1.54, 1.807) is 12.4 Å². The van der Waals surface area contributed by atoms with Crippen LogP contribution in [0, 0.1) is 0 Å². The normalized spacial score (nSPS) is 17.1. The predicted octanol–water partition coefficient (Wildman–Crippen LogP) is 1.89. The van der Waals surface area contributed by atoms with E-state index >= 15 is 0 Å². The van der Waals surface area contributed by atoms with E-state index < -0.39 is 0 Å². The van der Waals surface area contributed by atoms with Crippen molar-refractivity contribution in [2.24, 2.45) is 4.99 Å². The molecule has 6 nitrogen and oxygen atoms in total. The van der Waals surface area contributed by atoms with Gasteiger partial charge in [0.25, 0.3) is 0 Å². The van der Waals surface area contributed by atoms with Crippen molar-refractivity contribution in [2.75, 3.05) is 32.8 Å². The third-order valence-electron chi connectivity index (χ3n) is 4.21. The lowest BCUT2D eigenvalue weighted by Gasteiger charge is -2.35. The fourth-order valence-electron chi connectivity index (χ4n) is 2.83. The van der Waals surface area contributed by atoms with Crippen LogP contribution in [0.3, 0.4) is 0 Å². The van der Waals surface area contributed by atoms with E-state index in [1.165, 1.54) is 0 Å². The average molecular weight is 333 g/mol. The van der Waals surface area contributed by atoms with Crippen LogP contribution in [-0.2, 0) is 0 Å². The van der Waals surface area contributed by atoms with Crippen molar-refractivity contribution in [1.29, 1.82) is 0 Å². The lowest BCUT2D eigenvalue weighted by atomic mass is 10.0. The van der Waals surface area contributed by atoms with Gasteiger partial charge in [0.2, 0.25) is 0 Å². The SMILES string of the molecule is CCNC(=NCCOc1cccnc1)NC1CCN(C(C)C)CC1. The topological polar surface area (TPSA) is 61.8 Å². The monoisotopic (exact) mass is 333 g/mol. The molecule has 134 valence electrons. The minimum absolute atomic E-state index is 0.497. The highest BCUT2D eigenvalue weighted by molar-refractivity contribution is 5.80.